The molecule has 0 aliphatic rings. The molecule has 0 aliphatic carbocycles. The van der Waals surface area contributed by atoms with Gasteiger partial charge < -0.3 is 14.5 Å². The van der Waals surface area contributed by atoms with Crippen LogP contribution in [0, 0.1) is 0 Å². The van der Waals surface area contributed by atoms with E-state index in [2.05, 4.69) is 5.32 Å². The highest BCUT2D eigenvalue weighted by molar-refractivity contribution is 5.98. The first-order valence-corrected chi connectivity index (χ1v) is 9.02. The van der Waals surface area contributed by atoms with Crippen molar-refractivity contribution < 1.29 is 18.7 Å². The predicted molar refractivity (Wildman–Crippen MR) is 107 cm³/mol. The molecule has 1 amide bonds. The normalized spacial score (nSPS) is 11.8. The molecule has 3 aromatic rings. The van der Waals surface area contributed by atoms with E-state index >= 15 is 0 Å². The van der Waals surface area contributed by atoms with Gasteiger partial charge in [-0.05, 0) is 50.1 Å². The number of anilines is 1. The SMILES string of the molecule is CCc1cc(=O)oc2cc(OC(C)C(=O)Nc3cccc(C(C)=O)c3)ccc12. The lowest BCUT2D eigenvalue weighted by Gasteiger charge is -2.15. The minimum atomic E-state index is -0.792. The van der Waals surface area contributed by atoms with Gasteiger partial charge in [-0.3, -0.25) is 9.59 Å². The first-order chi connectivity index (χ1) is 13.4. The Morgan fingerprint density at radius 3 is 2.64 bits per heavy atom. The maximum absolute atomic E-state index is 12.4. The van der Waals surface area contributed by atoms with E-state index in [-0.39, 0.29) is 11.7 Å². The Balaban J connectivity index is 1.76. The van der Waals surface area contributed by atoms with Gasteiger partial charge in [-0.15, -0.1) is 0 Å². The third-order valence-electron chi connectivity index (χ3n) is 4.40. The van der Waals surface area contributed by atoms with E-state index in [1.54, 1.807) is 43.3 Å². The topological polar surface area (TPSA) is 85.6 Å². The minimum absolute atomic E-state index is 0.0792. The van der Waals surface area contributed by atoms with E-state index < -0.39 is 11.7 Å². The molecular formula is C22H21NO5. The van der Waals surface area contributed by atoms with Crippen molar-refractivity contribution in [2.45, 2.75) is 33.3 Å². The maximum Gasteiger partial charge on any atom is 0.336 e. The zero-order valence-electron chi connectivity index (χ0n) is 15.9. The van der Waals surface area contributed by atoms with Gasteiger partial charge in [0, 0.05) is 28.8 Å². The van der Waals surface area contributed by atoms with Crippen LogP contribution in [-0.2, 0) is 11.2 Å². The number of hydrogen-bond acceptors (Lipinski definition) is 5. The molecule has 1 N–H and O–H groups in total. The molecule has 0 radical (unpaired) electrons. The number of amides is 1. The number of carbonyl (C=O) groups excluding carboxylic acids is 2. The van der Waals surface area contributed by atoms with Crippen LogP contribution in [0.2, 0.25) is 0 Å². The molecule has 0 saturated heterocycles. The summed E-state index contributed by atoms with van der Waals surface area (Å²) in [5, 5.41) is 3.57. The maximum atomic E-state index is 12.4. The summed E-state index contributed by atoms with van der Waals surface area (Å²) in [5.74, 6) is -0.0156. The lowest BCUT2D eigenvalue weighted by molar-refractivity contribution is -0.122. The third kappa shape index (κ3) is 4.28. The molecule has 0 bridgehead atoms. The van der Waals surface area contributed by atoms with Crippen LogP contribution in [0.1, 0.15) is 36.7 Å². The smallest absolute Gasteiger partial charge is 0.336 e. The third-order valence-corrected chi connectivity index (χ3v) is 4.40. The summed E-state index contributed by atoms with van der Waals surface area (Å²) in [6.07, 6.45) is -0.0833. The largest absolute Gasteiger partial charge is 0.481 e. The molecule has 1 atom stereocenters. The van der Waals surface area contributed by atoms with E-state index in [0.29, 0.717) is 29.0 Å². The molecular weight excluding hydrogens is 358 g/mol. The van der Waals surface area contributed by atoms with Gasteiger partial charge in [0.25, 0.3) is 5.91 Å². The van der Waals surface area contributed by atoms with Crippen LogP contribution in [0.5, 0.6) is 5.75 Å². The van der Waals surface area contributed by atoms with Gasteiger partial charge in [0.05, 0.1) is 0 Å². The van der Waals surface area contributed by atoms with Gasteiger partial charge in [-0.1, -0.05) is 19.1 Å². The lowest BCUT2D eigenvalue weighted by Crippen LogP contribution is -2.30. The van der Waals surface area contributed by atoms with Gasteiger partial charge in [-0.25, -0.2) is 4.79 Å². The van der Waals surface area contributed by atoms with Crippen LogP contribution < -0.4 is 15.7 Å². The van der Waals surface area contributed by atoms with E-state index in [4.69, 9.17) is 9.15 Å². The number of hydrogen-bond donors (Lipinski definition) is 1. The Bertz CT molecular complexity index is 1100. The molecule has 1 aromatic heterocycles. The zero-order valence-corrected chi connectivity index (χ0v) is 15.9. The fourth-order valence-corrected chi connectivity index (χ4v) is 2.89. The van der Waals surface area contributed by atoms with E-state index in [0.717, 1.165) is 10.9 Å². The van der Waals surface area contributed by atoms with Crippen molar-refractivity contribution in [3.8, 4) is 5.75 Å². The molecule has 6 nitrogen and oxygen atoms in total. The molecule has 144 valence electrons. The summed E-state index contributed by atoms with van der Waals surface area (Å²) in [4.78, 5) is 35.6. The molecule has 2 aromatic carbocycles. The first-order valence-electron chi connectivity index (χ1n) is 9.02. The van der Waals surface area contributed by atoms with Crippen molar-refractivity contribution in [1.82, 2.24) is 0 Å². The van der Waals surface area contributed by atoms with Gasteiger partial charge in [0.2, 0.25) is 0 Å². The lowest BCUT2D eigenvalue weighted by atomic mass is 10.1. The Hall–Kier alpha value is -3.41. The van der Waals surface area contributed by atoms with Crippen molar-refractivity contribution in [3.63, 3.8) is 0 Å². The number of fused-ring (bicyclic) bond motifs is 1. The Labute approximate surface area is 162 Å². The molecule has 1 heterocycles. The summed E-state index contributed by atoms with van der Waals surface area (Å²) >= 11 is 0. The molecule has 3 rings (SSSR count). The zero-order chi connectivity index (χ0) is 20.3. The van der Waals surface area contributed by atoms with Crippen molar-refractivity contribution >= 4 is 28.3 Å². The number of benzene rings is 2. The summed E-state index contributed by atoms with van der Waals surface area (Å²) in [5.41, 5.74) is 1.93. The second-order valence-corrected chi connectivity index (χ2v) is 6.49. The monoisotopic (exact) mass is 379 g/mol. The molecule has 0 aliphatic heterocycles. The van der Waals surface area contributed by atoms with Crippen LogP contribution in [0.15, 0.2) is 57.7 Å². The van der Waals surface area contributed by atoms with Gasteiger partial charge in [-0.2, -0.15) is 0 Å². The number of ketones is 1. The number of aryl methyl sites for hydroxylation is 1. The van der Waals surface area contributed by atoms with Gasteiger partial charge >= 0.3 is 5.63 Å². The number of carbonyl (C=O) groups is 2. The van der Waals surface area contributed by atoms with Gasteiger partial charge in [0.15, 0.2) is 11.9 Å². The van der Waals surface area contributed by atoms with Crippen molar-refractivity contribution in [1.29, 1.82) is 0 Å². The molecule has 0 fully saturated rings. The van der Waals surface area contributed by atoms with Crippen LogP contribution in [0.3, 0.4) is 0 Å². The Kier molecular flexibility index (Phi) is 5.59. The number of rotatable bonds is 6. The number of nitrogens with one attached hydrogen (secondary N) is 1. The number of Topliss-reactive ketones (excluding diaryl/α,β-unsaturated/α-hetero) is 1. The molecule has 0 spiro atoms. The van der Waals surface area contributed by atoms with Crippen LogP contribution in [0.25, 0.3) is 11.0 Å². The Morgan fingerprint density at radius 2 is 1.93 bits per heavy atom. The van der Waals surface area contributed by atoms with E-state index in [1.165, 1.54) is 13.0 Å². The second kappa shape index (κ2) is 8.08. The van der Waals surface area contributed by atoms with E-state index in [9.17, 15) is 14.4 Å². The van der Waals surface area contributed by atoms with E-state index in [1.807, 2.05) is 13.0 Å². The molecule has 6 heteroatoms. The fraction of sp³-hybridized carbons (Fsp3) is 0.227. The summed E-state index contributed by atoms with van der Waals surface area (Å²) in [6.45, 7) is 5.05. The van der Waals surface area contributed by atoms with Crippen LogP contribution in [0.4, 0.5) is 5.69 Å². The highest BCUT2D eigenvalue weighted by Gasteiger charge is 2.16. The standard InChI is InChI=1S/C22H21NO5/c1-4-15-11-21(25)28-20-12-18(8-9-19(15)20)27-14(3)22(26)23-17-7-5-6-16(10-17)13(2)24/h5-12,14H,4H2,1-3H3,(H,23,26). The molecule has 28 heavy (non-hydrogen) atoms. The van der Waals surface area contributed by atoms with Crippen molar-refractivity contribution in [2.24, 2.45) is 0 Å². The molecule has 0 saturated carbocycles. The average Bonchev–Trinajstić information content (AvgIpc) is 2.67. The van der Waals surface area contributed by atoms with Gasteiger partial charge in [0.1, 0.15) is 11.3 Å². The average molecular weight is 379 g/mol. The highest BCUT2D eigenvalue weighted by Crippen LogP contribution is 2.24. The summed E-state index contributed by atoms with van der Waals surface area (Å²) in [7, 11) is 0. The van der Waals surface area contributed by atoms with Crippen molar-refractivity contribution in [3.05, 3.63) is 70.1 Å². The minimum Gasteiger partial charge on any atom is -0.481 e. The summed E-state index contributed by atoms with van der Waals surface area (Å²) in [6, 6.07) is 13.3. The first kappa shape index (κ1) is 19.4. The van der Waals surface area contributed by atoms with Crippen molar-refractivity contribution in [2.75, 3.05) is 5.32 Å². The van der Waals surface area contributed by atoms with Crippen LogP contribution in [-0.4, -0.2) is 17.8 Å². The summed E-state index contributed by atoms with van der Waals surface area (Å²) < 4.78 is 11.0. The molecule has 1 unspecified atom stereocenters. The second-order valence-electron chi connectivity index (χ2n) is 6.49. The Morgan fingerprint density at radius 1 is 1.14 bits per heavy atom. The fourth-order valence-electron chi connectivity index (χ4n) is 2.89. The van der Waals surface area contributed by atoms with Crippen LogP contribution >= 0.6 is 0 Å². The highest BCUT2D eigenvalue weighted by atomic mass is 16.5. The quantitative estimate of drug-likeness (QED) is 0.517. The predicted octanol–water partition coefficient (Wildman–Crippen LogP) is 3.96. The number of ether oxygens (including phenoxy) is 1.